The molecule has 0 aromatic carbocycles. The van der Waals surface area contributed by atoms with Gasteiger partial charge in [0.1, 0.15) is 5.82 Å². The normalized spacial score (nSPS) is 13.2. The third kappa shape index (κ3) is 2.73. The second-order valence-corrected chi connectivity index (χ2v) is 4.08. The maximum Gasteiger partial charge on any atom is 0.340 e. The van der Waals surface area contributed by atoms with Gasteiger partial charge in [0.25, 0.3) is 0 Å². The van der Waals surface area contributed by atoms with Gasteiger partial charge in [-0.15, -0.1) is 0 Å². The molecule has 0 aliphatic heterocycles. The Bertz CT molecular complexity index is 280. The lowest BCUT2D eigenvalue weighted by molar-refractivity contribution is 0.901. The summed E-state index contributed by atoms with van der Waals surface area (Å²) < 4.78 is 0. The van der Waals surface area contributed by atoms with Crippen molar-refractivity contribution in [2.24, 2.45) is 0 Å². The molecule has 1 unspecified atom stereocenters. The van der Waals surface area contributed by atoms with E-state index in [1.165, 1.54) is 0 Å². The molecule has 0 spiro atoms. The Morgan fingerprint density at radius 1 is 1.67 bits per heavy atom. The van der Waals surface area contributed by atoms with Gasteiger partial charge in [-0.25, -0.2) is 9.89 Å². The minimum Gasteiger partial charge on any atom is -0.292 e. The van der Waals surface area contributed by atoms with Crippen LogP contribution in [0.1, 0.15) is 26.1 Å². The highest BCUT2D eigenvalue weighted by molar-refractivity contribution is 7.99. The summed E-state index contributed by atoms with van der Waals surface area (Å²) in [4.78, 5) is 13.2. The number of hydrogen-bond acceptors (Lipinski definition) is 3. The molecule has 0 bridgehead atoms. The summed E-state index contributed by atoms with van der Waals surface area (Å²) >= 11 is 1.79. The van der Waals surface area contributed by atoms with E-state index in [4.69, 9.17) is 0 Å². The zero-order valence-corrected chi connectivity index (χ0v) is 8.07. The van der Waals surface area contributed by atoms with Gasteiger partial charge in [0, 0.05) is 5.25 Å². The topological polar surface area (TPSA) is 61.5 Å². The summed E-state index contributed by atoms with van der Waals surface area (Å²) in [7, 11) is 0. The molecule has 0 aliphatic carbocycles. The van der Waals surface area contributed by atoms with Crippen molar-refractivity contribution in [2.75, 3.05) is 0 Å². The van der Waals surface area contributed by atoms with Crippen molar-refractivity contribution >= 4 is 11.8 Å². The lowest BCUT2D eigenvalue weighted by Gasteiger charge is -2.04. The van der Waals surface area contributed by atoms with Crippen LogP contribution in [0.4, 0.5) is 0 Å². The zero-order valence-electron chi connectivity index (χ0n) is 7.26. The minimum atomic E-state index is -0.227. The largest absolute Gasteiger partial charge is 0.340 e. The Morgan fingerprint density at radius 3 is 2.92 bits per heavy atom. The maximum atomic E-state index is 10.6. The van der Waals surface area contributed by atoms with Crippen LogP contribution in [-0.4, -0.2) is 20.4 Å². The van der Waals surface area contributed by atoms with Crippen LogP contribution >= 0.6 is 11.8 Å². The lowest BCUT2D eigenvalue weighted by atomic mass is 10.4. The quantitative estimate of drug-likeness (QED) is 0.742. The fourth-order valence-electron chi connectivity index (χ4n) is 0.713. The number of nitrogens with one attached hydrogen (secondary N) is 2. The Labute approximate surface area is 75.2 Å². The van der Waals surface area contributed by atoms with Crippen LogP contribution in [0, 0.1) is 0 Å². The van der Waals surface area contributed by atoms with Gasteiger partial charge in [0.05, 0.1) is 5.75 Å². The number of aromatic nitrogens is 3. The fraction of sp³-hybridized carbons (Fsp3) is 0.714. The molecule has 0 aliphatic rings. The van der Waals surface area contributed by atoms with Gasteiger partial charge in [0.15, 0.2) is 0 Å². The van der Waals surface area contributed by atoms with Gasteiger partial charge in [-0.3, -0.25) is 4.98 Å². The molecule has 1 atom stereocenters. The molecule has 1 aromatic rings. The van der Waals surface area contributed by atoms with Crippen molar-refractivity contribution in [3.63, 3.8) is 0 Å². The Balaban J connectivity index is 2.38. The molecule has 1 rings (SSSR count). The average molecular weight is 187 g/mol. The molecule has 12 heavy (non-hydrogen) atoms. The second kappa shape index (κ2) is 4.35. The third-order valence-corrected chi connectivity index (χ3v) is 2.97. The highest BCUT2D eigenvalue weighted by atomic mass is 32.2. The van der Waals surface area contributed by atoms with Crippen LogP contribution in [0.25, 0.3) is 0 Å². The van der Waals surface area contributed by atoms with E-state index in [0.29, 0.717) is 5.25 Å². The number of nitrogens with zero attached hydrogens (tertiary/aromatic N) is 1. The summed E-state index contributed by atoms with van der Waals surface area (Å²) in [6.07, 6.45) is 1.14. The summed E-state index contributed by atoms with van der Waals surface area (Å²) in [5.74, 6) is 1.50. The number of aromatic amines is 2. The first-order valence-corrected chi connectivity index (χ1v) is 5.02. The van der Waals surface area contributed by atoms with Gasteiger partial charge >= 0.3 is 5.69 Å². The minimum absolute atomic E-state index is 0.227. The van der Waals surface area contributed by atoms with Gasteiger partial charge < -0.3 is 0 Å². The summed E-state index contributed by atoms with van der Waals surface area (Å²) in [6.45, 7) is 4.31. The Morgan fingerprint density at radius 2 is 2.42 bits per heavy atom. The number of H-pyrrole nitrogens is 2. The van der Waals surface area contributed by atoms with Gasteiger partial charge in [-0.05, 0) is 6.42 Å². The van der Waals surface area contributed by atoms with Crippen LogP contribution < -0.4 is 5.69 Å². The van der Waals surface area contributed by atoms with E-state index in [9.17, 15) is 4.79 Å². The summed E-state index contributed by atoms with van der Waals surface area (Å²) in [6, 6.07) is 0. The molecule has 0 saturated heterocycles. The summed E-state index contributed by atoms with van der Waals surface area (Å²) in [5.41, 5.74) is -0.227. The third-order valence-electron chi connectivity index (χ3n) is 1.63. The van der Waals surface area contributed by atoms with Crippen LogP contribution in [0.2, 0.25) is 0 Å². The molecule has 2 N–H and O–H groups in total. The SMILES string of the molecule is CCC(C)SCc1n[nH]c(=O)[nH]1. The standard InChI is InChI=1S/C7H13N3OS/c1-3-5(2)12-4-6-8-7(11)10-9-6/h5H,3-4H2,1-2H3,(H2,8,9,10,11). The average Bonchev–Trinajstić information content (AvgIpc) is 2.47. The molecular weight excluding hydrogens is 174 g/mol. The highest BCUT2D eigenvalue weighted by Gasteiger charge is 2.02. The predicted molar refractivity (Wildman–Crippen MR) is 50.3 cm³/mol. The van der Waals surface area contributed by atoms with Crippen molar-refractivity contribution < 1.29 is 0 Å². The number of hydrogen-bond donors (Lipinski definition) is 2. The second-order valence-electron chi connectivity index (χ2n) is 2.65. The van der Waals surface area contributed by atoms with E-state index < -0.39 is 0 Å². The van der Waals surface area contributed by atoms with Gasteiger partial charge in [-0.2, -0.15) is 16.9 Å². The van der Waals surface area contributed by atoms with E-state index in [0.717, 1.165) is 18.0 Å². The molecule has 5 heteroatoms. The number of thioether (sulfide) groups is 1. The fourth-order valence-corrected chi connectivity index (χ4v) is 1.53. The van der Waals surface area contributed by atoms with Crippen molar-refractivity contribution in [3.8, 4) is 0 Å². The van der Waals surface area contributed by atoms with Crippen molar-refractivity contribution in [3.05, 3.63) is 16.3 Å². The maximum absolute atomic E-state index is 10.6. The molecule has 1 aromatic heterocycles. The van der Waals surface area contributed by atoms with E-state index in [-0.39, 0.29) is 5.69 Å². The first-order chi connectivity index (χ1) is 5.72. The summed E-state index contributed by atoms with van der Waals surface area (Å²) in [5, 5.41) is 6.76. The smallest absolute Gasteiger partial charge is 0.292 e. The van der Waals surface area contributed by atoms with E-state index >= 15 is 0 Å². The monoisotopic (exact) mass is 187 g/mol. The molecule has 1 heterocycles. The van der Waals surface area contributed by atoms with Crippen LogP contribution in [0.3, 0.4) is 0 Å². The Hall–Kier alpha value is -0.710. The van der Waals surface area contributed by atoms with E-state index in [2.05, 4.69) is 29.0 Å². The molecule has 0 fully saturated rings. The van der Waals surface area contributed by atoms with Crippen LogP contribution in [-0.2, 0) is 5.75 Å². The molecular formula is C7H13N3OS. The van der Waals surface area contributed by atoms with Crippen LogP contribution in [0.15, 0.2) is 4.79 Å². The zero-order chi connectivity index (χ0) is 8.97. The number of rotatable bonds is 4. The lowest BCUT2D eigenvalue weighted by Crippen LogP contribution is -2.01. The first-order valence-electron chi connectivity index (χ1n) is 3.97. The molecule has 4 nitrogen and oxygen atoms in total. The van der Waals surface area contributed by atoms with Crippen molar-refractivity contribution in [1.82, 2.24) is 15.2 Å². The highest BCUT2D eigenvalue weighted by Crippen LogP contribution is 2.16. The van der Waals surface area contributed by atoms with E-state index in [1.807, 2.05) is 0 Å². The van der Waals surface area contributed by atoms with Gasteiger partial charge in [0.2, 0.25) is 0 Å². The Kier molecular flexibility index (Phi) is 3.40. The molecule has 0 radical (unpaired) electrons. The molecule has 0 saturated carbocycles. The predicted octanol–water partition coefficient (Wildman–Crippen LogP) is 1.13. The van der Waals surface area contributed by atoms with Gasteiger partial charge in [-0.1, -0.05) is 13.8 Å². The molecule has 68 valence electrons. The molecule has 0 amide bonds. The van der Waals surface area contributed by atoms with E-state index in [1.54, 1.807) is 11.8 Å². The van der Waals surface area contributed by atoms with Crippen molar-refractivity contribution in [1.29, 1.82) is 0 Å². The van der Waals surface area contributed by atoms with Crippen LogP contribution in [0.5, 0.6) is 0 Å². The van der Waals surface area contributed by atoms with Crippen molar-refractivity contribution in [2.45, 2.75) is 31.3 Å². The first kappa shape index (κ1) is 9.38.